The molecule has 0 aliphatic carbocycles. The van der Waals surface area contributed by atoms with Gasteiger partial charge in [0.25, 0.3) is 5.56 Å². The summed E-state index contributed by atoms with van der Waals surface area (Å²) in [6.45, 7) is 4.78. The first-order valence-electron chi connectivity index (χ1n) is 10.1. The number of ether oxygens (including phenoxy) is 2. The number of carbonyl (C=O) groups is 1. The molecule has 2 N–H and O–H groups in total. The minimum absolute atomic E-state index is 0.0483. The Labute approximate surface area is 180 Å². The molecule has 0 fully saturated rings. The van der Waals surface area contributed by atoms with Crippen molar-refractivity contribution in [2.45, 2.75) is 57.5 Å². The van der Waals surface area contributed by atoms with Gasteiger partial charge in [-0.25, -0.2) is 0 Å². The highest BCUT2D eigenvalue weighted by molar-refractivity contribution is 5.66. The third-order valence-corrected chi connectivity index (χ3v) is 5.39. The molecule has 0 spiro atoms. The molecule has 0 amide bonds. The molecule has 0 saturated heterocycles. The molecule has 8 heteroatoms. The molecule has 0 saturated carbocycles. The smallest absolute Gasteiger partial charge is 0.303 e. The first-order valence-corrected chi connectivity index (χ1v) is 10.1. The van der Waals surface area contributed by atoms with E-state index in [1.165, 1.54) is 17.6 Å². The zero-order valence-electron chi connectivity index (χ0n) is 17.7. The molecule has 1 aliphatic heterocycles. The second-order valence-electron chi connectivity index (χ2n) is 8.13. The van der Waals surface area contributed by atoms with Crippen LogP contribution in [0.2, 0.25) is 0 Å². The molecule has 3 atom stereocenters. The predicted octanol–water partition coefficient (Wildman–Crippen LogP) is 2.22. The number of aliphatic hydroxyl groups is 2. The molecule has 31 heavy (non-hydrogen) atoms. The number of pyridine rings is 1. The van der Waals surface area contributed by atoms with E-state index in [-0.39, 0.29) is 6.61 Å². The predicted molar refractivity (Wildman–Crippen MR) is 112 cm³/mol. The molecule has 1 aromatic carbocycles. The highest BCUT2D eigenvalue weighted by atomic mass is 16.6. The lowest BCUT2D eigenvalue weighted by Crippen LogP contribution is -2.54. The summed E-state index contributed by atoms with van der Waals surface area (Å²) in [5, 5.41) is 28.6. The Balaban J connectivity index is 2.14. The summed E-state index contributed by atoms with van der Waals surface area (Å²) in [6.07, 6.45) is 0.577. The van der Waals surface area contributed by atoms with Crippen molar-refractivity contribution in [3.05, 3.63) is 63.6 Å². The molecule has 3 rings (SSSR count). The van der Waals surface area contributed by atoms with Gasteiger partial charge in [-0.05, 0) is 56.5 Å². The van der Waals surface area contributed by atoms with Gasteiger partial charge in [-0.1, -0.05) is 0 Å². The largest absolute Gasteiger partial charge is 0.484 e. The molecule has 0 bridgehead atoms. The highest BCUT2D eigenvalue weighted by Crippen LogP contribution is 2.43. The van der Waals surface area contributed by atoms with Gasteiger partial charge in [-0.3, -0.25) is 9.59 Å². The molecule has 1 aliphatic rings. The van der Waals surface area contributed by atoms with Gasteiger partial charge >= 0.3 is 5.97 Å². The van der Waals surface area contributed by atoms with E-state index in [9.17, 15) is 20.0 Å². The minimum Gasteiger partial charge on any atom is -0.484 e. The normalized spacial score (nSPS) is 20.1. The van der Waals surface area contributed by atoms with Crippen molar-refractivity contribution in [3.63, 3.8) is 0 Å². The fourth-order valence-electron chi connectivity index (χ4n) is 3.90. The molecular weight excluding hydrogens is 400 g/mol. The minimum atomic E-state index is -0.948. The van der Waals surface area contributed by atoms with E-state index in [0.29, 0.717) is 35.3 Å². The Hall–Kier alpha value is -3.15. The number of carbonyl (C=O) groups excluding carboxylic acids is 1. The van der Waals surface area contributed by atoms with Crippen LogP contribution in [-0.2, 0) is 9.53 Å². The summed E-state index contributed by atoms with van der Waals surface area (Å²) < 4.78 is 13.1. The van der Waals surface area contributed by atoms with Crippen LogP contribution in [-0.4, -0.2) is 39.1 Å². The second-order valence-corrected chi connectivity index (χ2v) is 8.13. The van der Waals surface area contributed by atoms with Crippen LogP contribution in [0.15, 0.2) is 41.3 Å². The topological polar surface area (TPSA) is 122 Å². The molecule has 2 aromatic rings. The summed E-state index contributed by atoms with van der Waals surface area (Å²) in [6, 6.07) is 9.24. The van der Waals surface area contributed by atoms with Gasteiger partial charge in [-0.15, -0.1) is 0 Å². The Morgan fingerprint density at radius 1 is 1.35 bits per heavy atom. The quantitative estimate of drug-likeness (QED) is 0.679. The van der Waals surface area contributed by atoms with E-state index in [1.807, 2.05) is 0 Å². The molecular formula is C23H26N2O6. The van der Waals surface area contributed by atoms with E-state index >= 15 is 0 Å². The van der Waals surface area contributed by atoms with Gasteiger partial charge in [0, 0.05) is 31.4 Å². The number of fused-ring (bicyclic) bond motifs is 1. The molecule has 8 nitrogen and oxygen atoms in total. The van der Waals surface area contributed by atoms with E-state index < -0.39 is 35.4 Å². The Morgan fingerprint density at radius 2 is 2.10 bits per heavy atom. The monoisotopic (exact) mass is 426 g/mol. The van der Waals surface area contributed by atoms with Crippen molar-refractivity contribution in [2.75, 3.05) is 6.61 Å². The second kappa shape index (κ2) is 8.92. The zero-order chi connectivity index (χ0) is 22.8. The van der Waals surface area contributed by atoms with Crippen molar-refractivity contribution in [1.29, 1.82) is 5.26 Å². The average Bonchev–Trinajstić information content (AvgIpc) is 2.72. The number of aliphatic hydroxyl groups excluding tert-OH is 2. The fraction of sp³-hybridized carbons (Fsp3) is 0.435. The SMILES string of the molecule is CC(=O)OC1C(n2ccc(C(O)CCCO)cc2=O)c2cc(C#N)ccc2OC1(C)C. The van der Waals surface area contributed by atoms with Gasteiger partial charge in [0.1, 0.15) is 17.4 Å². The number of esters is 1. The van der Waals surface area contributed by atoms with Crippen molar-refractivity contribution >= 4 is 5.97 Å². The van der Waals surface area contributed by atoms with Gasteiger partial charge in [0.05, 0.1) is 17.7 Å². The highest BCUT2D eigenvalue weighted by Gasteiger charge is 2.47. The van der Waals surface area contributed by atoms with E-state index in [0.717, 1.165) is 0 Å². The summed E-state index contributed by atoms with van der Waals surface area (Å²) >= 11 is 0. The summed E-state index contributed by atoms with van der Waals surface area (Å²) in [7, 11) is 0. The van der Waals surface area contributed by atoms with E-state index in [1.54, 1.807) is 44.3 Å². The maximum absolute atomic E-state index is 13.1. The van der Waals surface area contributed by atoms with Crippen molar-refractivity contribution in [3.8, 4) is 11.8 Å². The lowest BCUT2D eigenvalue weighted by molar-refractivity contribution is -0.163. The maximum Gasteiger partial charge on any atom is 0.303 e. The first kappa shape index (κ1) is 22.5. The Kier molecular flexibility index (Phi) is 6.48. The van der Waals surface area contributed by atoms with Crippen LogP contribution in [0.4, 0.5) is 0 Å². The number of rotatable bonds is 6. The Bertz CT molecular complexity index is 1070. The standard InChI is InChI=1S/C23H26N2O6/c1-14(27)30-22-21(17-11-15(13-24)6-7-19(17)31-23(22,2)3)25-9-8-16(12-20(25)29)18(28)5-4-10-26/h6-9,11-12,18,21-22,26,28H,4-5,10H2,1-3H3. The van der Waals surface area contributed by atoms with Crippen LogP contribution in [0, 0.1) is 11.3 Å². The number of hydrogen-bond acceptors (Lipinski definition) is 7. The molecule has 2 heterocycles. The molecule has 164 valence electrons. The molecule has 3 unspecified atom stereocenters. The third-order valence-electron chi connectivity index (χ3n) is 5.39. The Morgan fingerprint density at radius 3 is 2.71 bits per heavy atom. The van der Waals surface area contributed by atoms with Crippen LogP contribution in [0.25, 0.3) is 0 Å². The van der Waals surface area contributed by atoms with Crippen LogP contribution in [0.1, 0.15) is 62.4 Å². The van der Waals surface area contributed by atoms with Crippen molar-refractivity contribution < 1.29 is 24.5 Å². The van der Waals surface area contributed by atoms with Crippen LogP contribution in [0.5, 0.6) is 5.75 Å². The third kappa shape index (κ3) is 4.63. The van der Waals surface area contributed by atoms with Crippen molar-refractivity contribution in [1.82, 2.24) is 4.57 Å². The number of benzene rings is 1. The lowest BCUT2D eigenvalue weighted by Gasteiger charge is -2.44. The summed E-state index contributed by atoms with van der Waals surface area (Å²) in [5.41, 5.74) is 0.0405. The average molecular weight is 426 g/mol. The van der Waals surface area contributed by atoms with Crippen molar-refractivity contribution in [2.24, 2.45) is 0 Å². The molecule has 1 aromatic heterocycles. The molecule has 0 radical (unpaired) electrons. The van der Waals surface area contributed by atoms with Gasteiger partial charge in [0.15, 0.2) is 6.10 Å². The van der Waals surface area contributed by atoms with Gasteiger partial charge in [-0.2, -0.15) is 5.26 Å². The van der Waals surface area contributed by atoms with Crippen LogP contribution in [0.3, 0.4) is 0 Å². The fourth-order valence-corrected chi connectivity index (χ4v) is 3.90. The van der Waals surface area contributed by atoms with E-state index in [2.05, 4.69) is 6.07 Å². The van der Waals surface area contributed by atoms with Gasteiger partial charge < -0.3 is 24.3 Å². The number of nitrogens with zero attached hydrogens (tertiary/aromatic N) is 2. The van der Waals surface area contributed by atoms with Crippen LogP contribution < -0.4 is 10.3 Å². The lowest BCUT2D eigenvalue weighted by atomic mass is 9.85. The van der Waals surface area contributed by atoms with Gasteiger partial charge in [0.2, 0.25) is 0 Å². The zero-order valence-corrected chi connectivity index (χ0v) is 17.7. The van der Waals surface area contributed by atoms with Crippen LogP contribution >= 0.6 is 0 Å². The number of aromatic nitrogens is 1. The first-order chi connectivity index (χ1) is 14.7. The van der Waals surface area contributed by atoms with E-state index in [4.69, 9.17) is 14.6 Å². The summed E-state index contributed by atoms with van der Waals surface area (Å²) in [5.74, 6) is -0.0213. The number of nitriles is 1. The summed E-state index contributed by atoms with van der Waals surface area (Å²) in [4.78, 5) is 24.9. The number of hydrogen-bond donors (Lipinski definition) is 2. The maximum atomic E-state index is 13.1.